The van der Waals surface area contributed by atoms with Gasteiger partial charge in [0, 0.05) is 13.0 Å². The molecule has 64 valence electrons. The second-order valence-electron chi connectivity index (χ2n) is 2.23. The van der Waals surface area contributed by atoms with Crippen LogP contribution in [0.25, 0.3) is 0 Å². The summed E-state index contributed by atoms with van der Waals surface area (Å²) < 4.78 is 0. The Morgan fingerprint density at radius 1 is 1.82 bits per heavy atom. The maximum absolute atomic E-state index is 9.80. The van der Waals surface area contributed by atoms with Gasteiger partial charge in [-0.25, -0.2) is 5.48 Å². The Balaban J connectivity index is 3.86. The number of hydroxylamine groups is 1. The van der Waals surface area contributed by atoms with Crippen molar-refractivity contribution in [3.05, 3.63) is 0 Å². The Bertz CT molecular complexity index is 145. The highest BCUT2D eigenvalue weighted by molar-refractivity contribution is 5.83. The Hall–Kier alpha value is -1.06. The van der Waals surface area contributed by atoms with Crippen molar-refractivity contribution in [3.8, 4) is 0 Å². The normalized spacial score (nSPS) is 13.9. The second-order valence-corrected chi connectivity index (χ2v) is 2.23. The number of carbonyl (C=O) groups is 1. The molecular formula is C7H14N2O2. The number of hydrogen-bond donors (Lipinski definition) is 1. The summed E-state index contributed by atoms with van der Waals surface area (Å²) in [5, 5.41) is 0. The molecule has 0 amide bonds. The fourth-order valence-corrected chi connectivity index (χ4v) is 0.644. The number of nitrogens with one attached hydrogen (secondary N) is 1. The van der Waals surface area contributed by atoms with Crippen LogP contribution in [-0.2, 0) is 9.63 Å². The van der Waals surface area contributed by atoms with Crippen LogP contribution in [0.15, 0.2) is 4.99 Å². The quantitative estimate of drug-likeness (QED) is 0.284. The third-order valence-corrected chi connectivity index (χ3v) is 1.53. The lowest BCUT2D eigenvalue weighted by molar-refractivity contribution is -0.132. The molecule has 0 heterocycles. The SMILES string of the molecule is CCC(C)C(=NC)NOC=O. The van der Waals surface area contributed by atoms with Gasteiger partial charge in [0.1, 0.15) is 5.84 Å². The molecule has 0 rings (SSSR count). The summed E-state index contributed by atoms with van der Waals surface area (Å²) in [4.78, 5) is 18.1. The topological polar surface area (TPSA) is 50.7 Å². The predicted octanol–water partition coefficient (Wildman–Crippen LogP) is 0.738. The highest BCUT2D eigenvalue weighted by atomic mass is 16.7. The fourth-order valence-electron chi connectivity index (χ4n) is 0.644. The molecule has 0 aliphatic rings. The van der Waals surface area contributed by atoms with Gasteiger partial charge in [-0.3, -0.25) is 9.79 Å². The van der Waals surface area contributed by atoms with Crippen LogP contribution in [0.1, 0.15) is 20.3 Å². The summed E-state index contributed by atoms with van der Waals surface area (Å²) in [6.07, 6.45) is 0.960. The van der Waals surface area contributed by atoms with E-state index in [0.717, 1.165) is 6.42 Å². The number of amidine groups is 1. The summed E-state index contributed by atoms with van der Waals surface area (Å²) in [5.41, 5.74) is 2.45. The minimum atomic E-state index is 0.292. The van der Waals surface area contributed by atoms with Crippen LogP contribution in [0.2, 0.25) is 0 Å². The standard InChI is InChI=1S/C7H14N2O2/c1-4-6(2)7(8-3)9-11-5-10/h5-6H,4H2,1-3H3,(H,8,9). The zero-order valence-corrected chi connectivity index (χ0v) is 7.13. The molecule has 0 fully saturated rings. The molecule has 0 aromatic carbocycles. The lowest BCUT2D eigenvalue weighted by Gasteiger charge is -2.11. The van der Waals surface area contributed by atoms with Crippen LogP contribution in [0, 0.1) is 5.92 Å². The van der Waals surface area contributed by atoms with E-state index < -0.39 is 0 Å². The molecule has 4 nitrogen and oxygen atoms in total. The van der Waals surface area contributed by atoms with Gasteiger partial charge in [0.15, 0.2) is 0 Å². The molecule has 1 atom stereocenters. The summed E-state index contributed by atoms with van der Waals surface area (Å²) in [6.45, 7) is 4.38. The third kappa shape index (κ3) is 3.60. The van der Waals surface area contributed by atoms with E-state index in [1.165, 1.54) is 0 Å². The number of carbonyl (C=O) groups excluding carboxylic acids is 1. The Morgan fingerprint density at radius 3 is 2.82 bits per heavy atom. The van der Waals surface area contributed by atoms with Gasteiger partial charge in [0.25, 0.3) is 0 Å². The van der Waals surface area contributed by atoms with E-state index in [2.05, 4.69) is 15.3 Å². The minimum Gasteiger partial charge on any atom is -0.346 e. The van der Waals surface area contributed by atoms with Gasteiger partial charge in [0.2, 0.25) is 0 Å². The van der Waals surface area contributed by atoms with Gasteiger partial charge < -0.3 is 4.84 Å². The molecule has 1 unspecified atom stereocenters. The van der Waals surface area contributed by atoms with Crippen LogP contribution in [0.3, 0.4) is 0 Å². The van der Waals surface area contributed by atoms with Crippen LogP contribution in [0.5, 0.6) is 0 Å². The Kier molecular flexibility index (Phi) is 5.15. The van der Waals surface area contributed by atoms with Gasteiger partial charge in [0.05, 0.1) is 0 Å². The molecule has 0 bridgehead atoms. The van der Waals surface area contributed by atoms with Gasteiger partial charge in [-0.15, -0.1) is 0 Å². The monoisotopic (exact) mass is 158 g/mol. The molecule has 1 N–H and O–H groups in total. The smallest absolute Gasteiger partial charge is 0.320 e. The molecule has 0 aromatic heterocycles. The van der Waals surface area contributed by atoms with Crippen molar-refractivity contribution in [3.63, 3.8) is 0 Å². The summed E-state index contributed by atoms with van der Waals surface area (Å²) in [5.74, 6) is 0.986. The first-order valence-corrected chi connectivity index (χ1v) is 3.58. The number of nitrogens with zero attached hydrogens (tertiary/aromatic N) is 1. The Morgan fingerprint density at radius 2 is 2.45 bits per heavy atom. The van der Waals surface area contributed by atoms with E-state index in [1.807, 2.05) is 13.8 Å². The van der Waals surface area contributed by atoms with Crippen molar-refractivity contribution in [1.82, 2.24) is 5.48 Å². The molecule has 11 heavy (non-hydrogen) atoms. The van der Waals surface area contributed by atoms with Gasteiger partial charge in [-0.05, 0) is 6.42 Å². The lowest BCUT2D eigenvalue weighted by Crippen LogP contribution is -2.28. The van der Waals surface area contributed by atoms with E-state index in [0.29, 0.717) is 18.2 Å². The number of hydrogen-bond acceptors (Lipinski definition) is 3. The second kappa shape index (κ2) is 5.70. The van der Waals surface area contributed by atoms with Crippen molar-refractivity contribution in [1.29, 1.82) is 0 Å². The van der Waals surface area contributed by atoms with Crippen molar-refractivity contribution < 1.29 is 9.63 Å². The first-order valence-electron chi connectivity index (χ1n) is 3.58. The van der Waals surface area contributed by atoms with E-state index in [-0.39, 0.29) is 0 Å². The van der Waals surface area contributed by atoms with Gasteiger partial charge >= 0.3 is 6.47 Å². The summed E-state index contributed by atoms with van der Waals surface area (Å²) in [6, 6.07) is 0. The van der Waals surface area contributed by atoms with E-state index in [1.54, 1.807) is 7.05 Å². The van der Waals surface area contributed by atoms with E-state index in [4.69, 9.17) is 0 Å². The van der Waals surface area contributed by atoms with Gasteiger partial charge in [-0.1, -0.05) is 13.8 Å². The molecule has 0 saturated carbocycles. The first-order chi connectivity index (χ1) is 5.26. The van der Waals surface area contributed by atoms with Crippen molar-refractivity contribution in [2.24, 2.45) is 10.9 Å². The molecule has 0 aliphatic heterocycles. The van der Waals surface area contributed by atoms with E-state index >= 15 is 0 Å². The van der Waals surface area contributed by atoms with Crippen molar-refractivity contribution >= 4 is 12.3 Å². The number of rotatable bonds is 4. The summed E-state index contributed by atoms with van der Waals surface area (Å²) >= 11 is 0. The van der Waals surface area contributed by atoms with Gasteiger partial charge in [-0.2, -0.15) is 0 Å². The molecule has 0 saturated heterocycles. The minimum absolute atomic E-state index is 0.292. The largest absolute Gasteiger partial charge is 0.346 e. The first kappa shape index (κ1) is 9.94. The predicted molar refractivity (Wildman–Crippen MR) is 43.1 cm³/mol. The van der Waals surface area contributed by atoms with Crippen molar-refractivity contribution in [2.45, 2.75) is 20.3 Å². The van der Waals surface area contributed by atoms with E-state index in [9.17, 15) is 4.79 Å². The average molecular weight is 158 g/mol. The molecular weight excluding hydrogens is 144 g/mol. The molecule has 4 heteroatoms. The van der Waals surface area contributed by atoms with Crippen LogP contribution >= 0.6 is 0 Å². The Labute approximate surface area is 66.6 Å². The zero-order chi connectivity index (χ0) is 8.69. The highest BCUT2D eigenvalue weighted by Gasteiger charge is 2.06. The maximum Gasteiger partial charge on any atom is 0.320 e. The average Bonchev–Trinajstić information content (AvgIpc) is 2.05. The summed E-state index contributed by atoms with van der Waals surface area (Å²) in [7, 11) is 1.66. The van der Waals surface area contributed by atoms with Crippen LogP contribution < -0.4 is 5.48 Å². The van der Waals surface area contributed by atoms with Crippen molar-refractivity contribution in [2.75, 3.05) is 7.05 Å². The third-order valence-electron chi connectivity index (χ3n) is 1.53. The van der Waals surface area contributed by atoms with Crippen LogP contribution in [-0.4, -0.2) is 19.4 Å². The maximum atomic E-state index is 9.80. The highest BCUT2D eigenvalue weighted by Crippen LogP contribution is 2.00. The lowest BCUT2D eigenvalue weighted by atomic mass is 10.1. The van der Waals surface area contributed by atoms with Crippen LogP contribution in [0.4, 0.5) is 0 Å². The molecule has 0 aliphatic carbocycles. The number of aliphatic imine (C=N–C) groups is 1. The molecule has 0 spiro atoms. The molecule has 0 aromatic rings. The zero-order valence-electron chi connectivity index (χ0n) is 7.13. The molecule has 0 radical (unpaired) electrons. The fraction of sp³-hybridized carbons (Fsp3) is 0.714.